The minimum absolute atomic E-state index is 0.0122. The molecule has 2 aliphatic heterocycles. The highest BCUT2D eigenvalue weighted by Crippen LogP contribution is 2.38. The summed E-state index contributed by atoms with van der Waals surface area (Å²) in [6, 6.07) is 11.0. The summed E-state index contributed by atoms with van der Waals surface area (Å²) in [7, 11) is 1.60. The van der Waals surface area contributed by atoms with Gasteiger partial charge in [-0.15, -0.1) is 0 Å². The van der Waals surface area contributed by atoms with Crippen LogP contribution in [0.2, 0.25) is 0 Å². The van der Waals surface area contributed by atoms with Crippen molar-refractivity contribution >= 4 is 63.1 Å². The maximum absolute atomic E-state index is 13.2. The molecular weight excluding hydrogens is 605 g/mol. The van der Waals surface area contributed by atoms with Gasteiger partial charge in [-0.2, -0.15) is 0 Å². The van der Waals surface area contributed by atoms with Crippen molar-refractivity contribution in [1.82, 2.24) is 9.80 Å². The molecule has 196 valence electrons. The fourth-order valence-electron chi connectivity index (χ4n) is 3.96. The smallest absolute Gasteiger partial charge is 0.266 e. The van der Waals surface area contributed by atoms with E-state index in [-0.39, 0.29) is 17.9 Å². The average molecular weight is 636 g/mol. The molecular formula is C27H30IN3O5S. The van der Waals surface area contributed by atoms with Gasteiger partial charge in [0.25, 0.3) is 11.8 Å². The molecule has 2 amide bonds. The molecule has 0 saturated carbocycles. The van der Waals surface area contributed by atoms with E-state index in [1.807, 2.05) is 51.1 Å². The summed E-state index contributed by atoms with van der Waals surface area (Å²) in [5.74, 6) is 1.16. The Morgan fingerprint density at radius 2 is 2.00 bits per heavy atom. The number of nitrogens with zero attached hydrogens (tertiary/aromatic N) is 3. The van der Waals surface area contributed by atoms with Crippen molar-refractivity contribution in [3.05, 3.63) is 56.0 Å². The molecule has 2 saturated heterocycles. The van der Waals surface area contributed by atoms with Gasteiger partial charge in [-0.25, -0.2) is 4.99 Å². The Morgan fingerprint density at radius 3 is 2.68 bits per heavy atom. The van der Waals surface area contributed by atoms with E-state index in [2.05, 4.69) is 22.6 Å². The largest absolute Gasteiger partial charge is 0.493 e. The lowest BCUT2D eigenvalue weighted by atomic mass is 10.1. The zero-order valence-electron chi connectivity index (χ0n) is 21.3. The van der Waals surface area contributed by atoms with Gasteiger partial charge in [0.15, 0.2) is 16.7 Å². The predicted octanol–water partition coefficient (Wildman–Crippen LogP) is 5.18. The highest BCUT2D eigenvalue weighted by molar-refractivity contribution is 14.1. The summed E-state index contributed by atoms with van der Waals surface area (Å²) < 4.78 is 17.7. The highest BCUT2D eigenvalue weighted by atomic mass is 127. The molecule has 37 heavy (non-hydrogen) atoms. The third-order valence-electron chi connectivity index (χ3n) is 5.72. The Kier molecular flexibility index (Phi) is 9.14. The van der Waals surface area contributed by atoms with Crippen molar-refractivity contribution in [3.63, 3.8) is 0 Å². The van der Waals surface area contributed by atoms with E-state index < -0.39 is 0 Å². The number of carbonyl (C=O) groups excluding carboxylic acids is 2. The number of morpholine rings is 1. The Hall–Kier alpha value is -2.57. The molecule has 8 nitrogen and oxygen atoms in total. The van der Waals surface area contributed by atoms with E-state index in [9.17, 15) is 9.59 Å². The second-order valence-electron chi connectivity index (χ2n) is 8.71. The third kappa shape index (κ3) is 6.47. The van der Waals surface area contributed by atoms with Crippen LogP contribution < -0.4 is 9.47 Å². The van der Waals surface area contributed by atoms with Gasteiger partial charge >= 0.3 is 0 Å². The van der Waals surface area contributed by atoms with E-state index >= 15 is 0 Å². The number of thioether (sulfide) groups is 1. The maximum Gasteiger partial charge on any atom is 0.266 e. The first-order valence-electron chi connectivity index (χ1n) is 12.1. The van der Waals surface area contributed by atoms with E-state index in [1.165, 1.54) is 11.8 Å². The molecule has 2 fully saturated rings. The Labute approximate surface area is 235 Å². The standard InChI is InChI=1S/C27H30IN3O5S/c1-5-31-26(33)23(15-18-13-21(28)24(36-17(2)3)22(14-18)34-4)37-27(31)29-20-8-6-7-19(16-20)25(32)30-9-11-35-12-10-30/h6-8,13-17H,5,9-12H2,1-4H3/b23-15+,29-27?. The van der Waals surface area contributed by atoms with Crippen LogP contribution in [0.4, 0.5) is 5.69 Å². The van der Waals surface area contributed by atoms with Crippen LogP contribution in [0.15, 0.2) is 46.3 Å². The van der Waals surface area contributed by atoms with Crippen LogP contribution in [0.1, 0.15) is 36.7 Å². The quantitative estimate of drug-likeness (QED) is 0.308. The van der Waals surface area contributed by atoms with Crippen LogP contribution in [-0.2, 0) is 9.53 Å². The summed E-state index contributed by atoms with van der Waals surface area (Å²) in [5.41, 5.74) is 2.03. The number of ether oxygens (including phenoxy) is 3. The number of rotatable bonds is 7. The van der Waals surface area contributed by atoms with Crippen molar-refractivity contribution in [2.45, 2.75) is 26.9 Å². The van der Waals surface area contributed by atoms with Crippen molar-refractivity contribution in [2.75, 3.05) is 40.0 Å². The monoisotopic (exact) mass is 635 g/mol. The fraction of sp³-hybridized carbons (Fsp3) is 0.370. The van der Waals surface area contributed by atoms with Gasteiger partial charge in [0.1, 0.15) is 0 Å². The van der Waals surface area contributed by atoms with Crippen molar-refractivity contribution in [1.29, 1.82) is 0 Å². The van der Waals surface area contributed by atoms with Crippen molar-refractivity contribution in [2.24, 2.45) is 4.99 Å². The Balaban J connectivity index is 1.60. The molecule has 0 unspecified atom stereocenters. The van der Waals surface area contributed by atoms with Crippen molar-refractivity contribution < 1.29 is 23.8 Å². The summed E-state index contributed by atoms with van der Waals surface area (Å²) >= 11 is 3.54. The lowest BCUT2D eigenvalue weighted by Gasteiger charge is -2.26. The van der Waals surface area contributed by atoms with Crippen LogP contribution in [0.3, 0.4) is 0 Å². The van der Waals surface area contributed by atoms with E-state index in [1.54, 1.807) is 29.0 Å². The van der Waals surface area contributed by atoms with E-state index in [0.29, 0.717) is 65.7 Å². The van der Waals surface area contributed by atoms with E-state index in [0.717, 1.165) is 9.13 Å². The molecule has 0 radical (unpaired) electrons. The maximum atomic E-state index is 13.2. The number of methoxy groups -OCH3 is 1. The van der Waals surface area contributed by atoms with Crippen LogP contribution in [-0.4, -0.2) is 72.8 Å². The molecule has 2 aromatic carbocycles. The number of hydrogen-bond acceptors (Lipinski definition) is 7. The van der Waals surface area contributed by atoms with Gasteiger partial charge in [-0.3, -0.25) is 14.5 Å². The van der Waals surface area contributed by atoms with Crippen LogP contribution in [0.25, 0.3) is 6.08 Å². The second-order valence-corrected chi connectivity index (χ2v) is 10.9. The average Bonchev–Trinajstić information content (AvgIpc) is 3.18. The first-order valence-corrected chi connectivity index (χ1v) is 14.0. The molecule has 2 aliphatic rings. The first kappa shape index (κ1) is 27.5. The minimum Gasteiger partial charge on any atom is -0.493 e. The van der Waals surface area contributed by atoms with Crippen LogP contribution >= 0.6 is 34.4 Å². The minimum atomic E-state index is -0.108. The summed E-state index contributed by atoms with van der Waals surface area (Å²) in [6.45, 7) is 8.58. The molecule has 10 heteroatoms. The van der Waals surface area contributed by atoms with Crippen LogP contribution in [0.5, 0.6) is 11.5 Å². The number of hydrogen-bond donors (Lipinski definition) is 0. The van der Waals surface area contributed by atoms with Gasteiger partial charge in [0.05, 0.1) is 40.6 Å². The number of carbonyl (C=O) groups is 2. The van der Waals surface area contributed by atoms with Gasteiger partial charge in [0.2, 0.25) is 0 Å². The summed E-state index contributed by atoms with van der Waals surface area (Å²) in [4.78, 5) is 34.8. The second kappa shape index (κ2) is 12.3. The van der Waals surface area contributed by atoms with Gasteiger partial charge in [0, 0.05) is 25.2 Å². The molecule has 0 aliphatic carbocycles. The van der Waals surface area contributed by atoms with Crippen molar-refractivity contribution in [3.8, 4) is 11.5 Å². The highest BCUT2D eigenvalue weighted by Gasteiger charge is 2.32. The molecule has 2 heterocycles. The molecule has 0 atom stereocenters. The molecule has 2 aromatic rings. The topological polar surface area (TPSA) is 80.7 Å². The summed E-state index contributed by atoms with van der Waals surface area (Å²) in [6.07, 6.45) is 1.86. The Bertz CT molecular complexity index is 1240. The number of benzene rings is 2. The zero-order valence-corrected chi connectivity index (χ0v) is 24.3. The fourth-order valence-corrected chi connectivity index (χ4v) is 5.78. The number of amides is 2. The zero-order chi connectivity index (χ0) is 26.5. The SMILES string of the molecule is CCN1C(=O)/C(=C\c2cc(I)c(OC(C)C)c(OC)c2)SC1=Nc1cccc(C(=O)N2CCOCC2)c1. The van der Waals surface area contributed by atoms with E-state index in [4.69, 9.17) is 19.2 Å². The Morgan fingerprint density at radius 1 is 1.24 bits per heavy atom. The lowest BCUT2D eigenvalue weighted by Crippen LogP contribution is -2.40. The number of aliphatic imine (C=N–C) groups is 1. The van der Waals surface area contributed by atoms with Gasteiger partial charge < -0.3 is 19.1 Å². The normalized spacial score (nSPS) is 18.3. The molecule has 0 spiro atoms. The molecule has 4 rings (SSSR count). The predicted molar refractivity (Wildman–Crippen MR) is 155 cm³/mol. The molecule has 0 bridgehead atoms. The van der Waals surface area contributed by atoms with Gasteiger partial charge in [-0.1, -0.05) is 6.07 Å². The summed E-state index contributed by atoms with van der Waals surface area (Å²) in [5, 5.41) is 0.580. The molecule has 0 aromatic heterocycles. The number of likely N-dealkylation sites (N-methyl/N-ethyl adjacent to an activating group) is 1. The number of halogens is 1. The first-order chi connectivity index (χ1) is 17.8. The lowest BCUT2D eigenvalue weighted by molar-refractivity contribution is -0.122. The van der Waals surface area contributed by atoms with Gasteiger partial charge in [-0.05, 0) is 97.1 Å². The molecule has 0 N–H and O–H groups in total. The van der Waals surface area contributed by atoms with Crippen LogP contribution in [0, 0.1) is 3.57 Å². The third-order valence-corrected chi connectivity index (χ3v) is 7.53. The number of amidine groups is 1.